The highest BCUT2D eigenvalue weighted by molar-refractivity contribution is 6.32. The third-order valence-electron chi connectivity index (χ3n) is 4.72. The van der Waals surface area contributed by atoms with Crippen molar-refractivity contribution in [3.63, 3.8) is 0 Å². The van der Waals surface area contributed by atoms with E-state index in [0.717, 1.165) is 5.57 Å². The van der Waals surface area contributed by atoms with E-state index >= 15 is 0 Å². The van der Waals surface area contributed by atoms with Crippen LogP contribution in [0.4, 0.5) is 14.5 Å². The maximum Gasteiger partial charge on any atom is 0.260 e. The number of carbonyl (C=O) groups is 1. The lowest BCUT2D eigenvalue weighted by molar-refractivity contribution is -0.111. The number of halogens is 2. The first-order chi connectivity index (χ1) is 12.8. The Bertz CT molecular complexity index is 1040. The van der Waals surface area contributed by atoms with Crippen LogP contribution in [0.25, 0.3) is 11.1 Å². The molecule has 138 valence electrons. The molecule has 2 aliphatic heterocycles. The molecule has 0 fully saturated rings. The molecule has 0 spiro atoms. The van der Waals surface area contributed by atoms with Gasteiger partial charge in [-0.25, -0.2) is 8.78 Å². The van der Waals surface area contributed by atoms with Gasteiger partial charge in [-0.2, -0.15) is 0 Å². The number of amides is 1. The molecule has 0 unspecified atom stereocenters. The number of allylic oxidation sites excluding steroid dienone is 1. The van der Waals surface area contributed by atoms with Gasteiger partial charge in [0, 0.05) is 11.1 Å². The van der Waals surface area contributed by atoms with E-state index < -0.39 is 17.2 Å². The van der Waals surface area contributed by atoms with E-state index in [1.54, 1.807) is 24.3 Å². The average molecular weight is 369 g/mol. The third kappa shape index (κ3) is 2.77. The van der Waals surface area contributed by atoms with Gasteiger partial charge in [0.25, 0.3) is 5.91 Å². The number of methoxy groups -OCH3 is 1. The lowest BCUT2D eigenvalue weighted by Gasteiger charge is -2.23. The molecular formula is C21H17F2NO3. The fraction of sp³-hybridized carbons (Fsp3) is 0.190. The highest BCUT2D eigenvalue weighted by atomic mass is 19.1. The summed E-state index contributed by atoms with van der Waals surface area (Å²) in [5.74, 6) is -0.750. The van der Waals surface area contributed by atoms with E-state index in [2.05, 4.69) is 5.32 Å². The molecule has 6 heteroatoms. The molecule has 2 aromatic carbocycles. The molecule has 1 amide bonds. The Morgan fingerprint density at radius 3 is 2.59 bits per heavy atom. The van der Waals surface area contributed by atoms with Crippen molar-refractivity contribution in [1.82, 2.24) is 0 Å². The molecule has 0 aliphatic carbocycles. The van der Waals surface area contributed by atoms with E-state index in [0.29, 0.717) is 28.1 Å². The minimum Gasteiger partial charge on any atom is -0.494 e. The minimum absolute atomic E-state index is 0.153. The van der Waals surface area contributed by atoms with Gasteiger partial charge >= 0.3 is 0 Å². The monoisotopic (exact) mass is 369 g/mol. The zero-order valence-electron chi connectivity index (χ0n) is 15.0. The SMILES string of the molecule is COc1ccc(C2=CC(=C3C(=O)Nc4cc(F)ccc43)OC2(C)C)cc1F. The van der Waals surface area contributed by atoms with Crippen molar-refractivity contribution in [2.45, 2.75) is 19.4 Å². The Hall–Kier alpha value is -3.15. The number of benzene rings is 2. The summed E-state index contributed by atoms with van der Waals surface area (Å²) in [7, 11) is 1.40. The maximum atomic E-state index is 14.1. The molecule has 0 saturated carbocycles. The number of carbonyl (C=O) groups excluding carboxylic acids is 1. The van der Waals surface area contributed by atoms with Gasteiger partial charge in [-0.15, -0.1) is 0 Å². The van der Waals surface area contributed by atoms with Crippen LogP contribution in [0.15, 0.2) is 48.2 Å². The summed E-state index contributed by atoms with van der Waals surface area (Å²) in [5, 5.41) is 2.65. The second-order valence-corrected chi connectivity index (χ2v) is 6.90. The number of fused-ring (bicyclic) bond motifs is 1. The number of ether oxygens (including phenoxy) is 2. The molecule has 2 aromatic rings. The molecule has 4 rings (SSSR count). The number of nitrogens with one attached hydrogen (secondary N) is 1. The number of hydrogen-bond acceptors (Lipinski definition) is 3. The number of rotatable bonds is 2. The summed E-state index contributed by atoms with van der Waals surface area (Å²) >= 11 is 0. The molecule has 0 aromatic heterocycles. The van der Waals surface area contributed by atoms with Crippen molar-refractivity contribution in [3.8, 4) is 5.75 Å². The van der Waals surface area contributed by atoms with Crippen LogP contribution in [0.1, 0.15) is 25.0 Å². The topological polar surface area (TPSA) is 47.6 Å². The third-order valence-corrected chi connectivity index (χ3v) is 4.72. The summed E-state index contributed by atoms with van der Waals surface area (Å²) in [4.78, 5) is 12.4. The van der Waals surface area contributed by atoms with Gasteiger partial charge in [-0.1, -0.05) is 6.07 Å². The molecule has 1 N–H and O–H groups in total. The largest absolute Gasteiger partial charge is 0.494 e. The first-order valence-corrected chi connectivity index (χ1v) is 8.41. The predicted molar refractivity (Wildman–Crippen MR) is 98.0 cm³/mol. The van der Waals surface area contributed by atoms with Crippen molar-refractivity contribution in [3.05, 3.63) is 71.0 Å². The second-order valence-electron chi connectivity index (χ2n) is 6.90. The maximum absolute atomic E-state index is 14.1. The first kappa shape index (κ1) is 17.3. The normalized spacial score (nSPS) is 20.0. The van der Waals surface area contributed by atoms with Gasteiger partial charge in [0.1, 0.15) is 17.2 Å². The van der Waals surface area contributed by atoms with E-state index in [-0.39, 0.29) is 11.7 Å². The molecule has 0 saturated heterocycles. The smallest absolute Gasteiger partial charge is 0.260 e. The summed E-state index contributed by atoms with van der Waals surface area (Å²) < 4.78 is 38.6. The molecule has 0 bridgehead atoms. The highest BCUT2D eigenvalue weighted by Crippen LogP contribution is 2.44. The molecule has 4 nitrogen and oxygen atoms in total. The molecule has 0 atom stereocenters. The summed E-state index contributed by atoms with van der Waals surface area (Å²) in [5.41, 5.74) is 1.90. The van der Waals surface area contributed by atoms with Gasteiger partial charge in [0.05, 0.1) is 18.4 Å². The van der Waals surface area contributed by atoms with Gasteiger partial charge in [0.15, 0.2) is 11.6 Å². The molecule has 2 heterocycles. The van der Waals surface area contributed by atoms with Crippen molar-refractivity contribution in [2.24, 2.45) is 0 Å². The Morgan fingerprint density at radius 1 is 1.11 bits per heavy atom. The summed E-state index contributed by atoms with van der Waals surface area (Å²) in [6.45, 7) is 3.68. The molecule has 2 aliphatic rings. The van der Waals surface area contributed by atoms with Crippen LogP contribution in [0, 0.1) is 11.6 Å². The molecule has 0 radical (unpaired) electrons. The molecule has 27 heavy (non-hydrogen) atoms. The van der Waals surface area contributed by atoms with Gasteiger partial charge in [0.2, 0.25) is 0 Å². The Morgan fingerprint density at radius 2 is 1.89 bits per heavy atom. The predicted octanol–water partition coefficient (Wildman–Crippen LogP) is 4.53. The van der Waals surface area contributed by atoms with Crippen LogP contribution in [-0.2, 0) is 9.53 Å². The lowest BCUT2D eigenvalue weighted by atomic mass is 9.92. The Kier molecular flexibility index (Phi) is 3.80. The minimum atomic E-state index is -0.771. The highest BCUT2D eigenvalue weighted by Gasteiger charge is 2.38. The van der Waals surface area contributed by atoms with Crippen molar-refractivity contribution in [1.29, 1.82) is 0 Å². The van der Waals surface area contributed by atoms with Gasteiger partial charge < -0.3 is 14.8 Å². The van der Waals surface area contributed by atoms with Crippen LogP contribution < -0.4 is 10.1 Å². The van der Waals surface area contributed by atoms with E-state index in [9.17, 15) is 13.6 Å². The van der Waals surface area contributed by atoms with Crippen LogP contribution in [0.3, 0.4) is 0 Å². The van der Waals surface area contributed by atoms with Crippen molar-refractivity contribution in [2.75, 3.05) is 12.4 Å². The Balaban J connectivity index is 1.84. The Labute approximate surface area is 155 Å². The van der Waals surface area contributed by atoms with Crippen molar-refractivity contribution < 1.29 is 23.0 Å². The lowest BCUT2D eigenvalue weighted by Crippen LogP contribution is -2.21. The van der Waals surface area contributed by atoms with Crippen LogP contribution >= 0.6 is 0 Å². The van der Waals surface area contributed by atoms with Gasteiger partial charge in [-0.05, 0) is 55.8 Å². The fourth-order valence-corrected chi connectivity index (χ4v) is 3.44. The van der Waals surface area contributed by atoms with Crippen LogP contribution in [-0.4, -0.2) is 18.6 Å². The second kappa shape index (κ2) is 5.94. The van der Waals surface area contributed by atoms with E-state index in [1.807, 2.05) is 13.8 Å². The standard InChI is InChI=1S/C21H17F2NO3/c1-21(2)14(11-4-7-17(26-3)15(23)8-11)10-18(27-21)19-13-6-5-12(22)9-16(13)24-20(19)25/h4-10H,1-3H3,(H,24,25). The van der Waals surface area contributed by atoms with Crippen LogP contribution in [0.2, 0.25) is 0 Å². The number of hydrogen-bond donors (Lipinski definition) is 1. The average Bonchev–Trinajstić information content (AvgIpc) is 3.09. The number of anilines is 1. The summed E-state index contributed by atoms with van der Waals surface area (Å²) in [6.07, 6.45) is 1.73. The zero-order valence-corrected chi connectivity index (χ0v) is 15.0. The van der Waals surface area contributed by atoms with E-state index in [1.165, 1.54) is 25.3 Å². The van der Waals surface area contributed by atoms with E-state index in [4.69, 9.17) is 9.47 Å². The quantitative estimate of drug-likeness (QED) is 0.792. The molecular weight excluding hydrogens is 352 g/mol. The van der Waals surface area contributed by atoms with Gasteiger partial charge in [-0.3, -0.25) is 4.79 Å². The fourth-order valence-electron chi connectivity index (χ4n) is 3.44. The van der Waals surface area contributed by atoms with Crippen molar-refractivity contribution >= 4 is 22.7 Å². The van der Waals surface area contributed by atoms with Crippen LogP contribution in [0.5, 0.6) is 5.75 Å². The first-order valence-electron chi connectivity index (χ1n) is 8.41. The summed E-state index contributed by atoms with van der Waals surface area (Å²) in [6, 6.07) is 8.77. The zero-order chi connectivity index (χ0) is 19.3.